The van der Waals surface area contributed by atoms with Crippen LogP contribution in [0.4, 0.5) is 5.69 Å². The number of carbonyl (C=O) groups is 1. The van der Waals surface area contributed by atoms with E-state index in [0.717, 1.165) is 18.4 Å². The van der Waals surface area contributed by atoms with Crippen molar-refractivity contribution in [3.8, 4) is 0 Å². The third-order valence-electron chi connectivity index (χ3n) is 5.79. The first-order chi connectivity index (χ1) is 15.8. The average Bonchev–Trinajstić information content (AvgIpc) is 3.61. The summed E-state index contributed by atoms with van der Waals surface area (Å²) in [6.07, 6.45) is 2.31. The molecule has 2 fully saturated rings. The van der Waals surface area contributed by atoms with Gasteiger partial charge in [-0.2, -0.15) is 0 Å². The van der Waals surface area contributed by atoms with Gasteiger partial charge in [-0.3, -0.25) is 10.1 Å². The molecule has 1 aromatic carbocycles. The van der Waals surface area contributed by atoms with E-state index in [9.17, 15) is 9.90 Å². The number of aliphatic hydroxyl groups excluding tert-OH is 1. The fourth-order valence-corrected chi connectivity index (χ4v) is 3.92. The zero-order valence-corrected chi connectivity index (χ0v) is 20.8. The van der Waals surface area contributed by atoms with Crippen molar-refractivity contribution in [1.29, 1.82) is 0 Å². The SMILES string of the molecule is CC.COC(CN1C(C)=NC(c2ccc(Cl)cc2NC(=O)C2CC2)=CC1O)NC1(C)COC1. The number of amidine groups is 1. The fraction of sp³-hybridized carbons (Fsp3) is 0.583. The number of nitrogens with zero attached hydrogens (tertiary/aromatic N) is 2. The van der Waals surface area contributed by atoms with Crippen LogP contribution in [0.1, 0.15) is 46.1 Å². The summed E-state index contributed by atoms with van der Waals surface area (Å²) in [5.74, 6) is 0.712. The molecule has 1 aliphatic carbocycles. The molecule has 0 aromatic heterocycles. The molecule has 182 valence electrons. The second-order valence-electron chi connectivity index (χ2n) is 8.65. The van der Waals surface area contributed by atoms with Gasteiger partial charge in [-0.25, -0.2) is 4.99 Å². The lowest BCUT2D eigenvalue weighted by Gasteiger charge is -2.43. The van der Waals surface area contributed by atoms with Crippen molar-refractivity contribution in [3.63, 3.8) is 0 Å². The largest absolute Gasteiger partial charge is 0.377 e. The molecule has 9 heteroatoms. The molecule has 4 rings (SSSR count). The molecule has 3 aliphatic rings. The predicted molar refractivity (Wildman–Crippen MR) is 131 cm³/mol. The van der Waals surface area contributed by atoms with Gasteiger partial charge >= 0.3 is 0 Å². The molecule has 2 aliphatic heterocycles. The van der Waals surface area contributed by atoms with Crippen molar-refractivity contribution in [2.45, 2.75) is 58.5 Å². The standard InChI is InChI=1S/C22H29ClN4O4.C2H6/c1-13-24-18(16-7-6-15(23)8-17(16)25-21(29)14-4-5-14)9-20(28)27(13)10-19(30-3)26-22(2)11-31-12-22;1-2/h6-9,14,19-20,26,28H,4-5,10-12H2,1-3H3,(H,25,29);1-2H3. The molecule has 0 spiro atoms. The quantitative estimate of drug-likeness (QED) is 0.495. The highest BCUT2D eigenvalue weighted by Gasteiger charge is 2.36. The van der Waals surface area contributed by atoms with Gasteiger partial charge in [0.2, 0.25) is 5.91 Å². The Morgan fingerprint density at radius 3 is 2.64 bits per heavy atom. The lowest BCUT2D eigenvalue weighted by Crippen LogP contribution is -2.63. The van der Waals surface area contributed by atoms with Crippen LogP contribution in [0.2, 0.25) is 5.02 Å². The van der Waals surface area contributed by atoms with E-state index in [4.69, 9.17) is 26.1 Å². The van der Waals surface area contributed by atoms with Crippen molar-refractivity contribution in [2.75, 3.05) is 32.2 Å². The molecule has 1 aromatic rings. The molecular weight excluding hydrogens is 444 g/mol. The summed E-state index contributed by atoms with van der Waals surface area (Å²) < 4.78 is 10.9. The third-order valence-corrected chi connectivity index (χ3v) is 6.02. The number of rotatable bonds is 8. The maximum Gasteiger partial charge on any atom is 0.227 e. The number of nitrogens with one attached hydrogen (secondary N) is 2. The zero-order valence-electron chi connectivity index (χ0n) is 20.0. The molecule has 0 radical (unpaired) electrons. The minimum Gasteiger partial charge on any atom is -0.377 e. The van der Waals surface area contributed by atoms with E-state index in [0.29, 0.717) is 42.0 Å². The third kappa shape index (κ3) is 6.33. The van der Waals surface area contributed by atoms with Crippen LogP contribution in [0.15, 0.2) is 29.3 Å². The lowest BCUT2D eigenvalue weighted by atomic mass is 10.0. The zero-order chi connectivity index (χ0) is 24.2. The Morgan fingerprint density at radius 2 is 2.09 bits per heavy atom. The van der Waals surface area contributed by atoms with Crippen molar-refractivity contribution in [2.24, 2.45) is 10.9 Å². The number of carbonyl (C=O) groups excluding carboxylic acids is 1. The van der Waals surface area contributed by atoms with Gasteiger partial charge in [0.25, 0.3) is 0 Å². The summed E-state index contributed by atoms with van der Waals surface area (Å²) in [5, 5.41) is 17.8. The number of benzene rings is 1. The van der Waals surface area contributed by atoms with Crippen LogP contribution in [0.3, 0.4) is 0 Å². The van der Waals surface area contributed by atoms with Crippen molar-refractivity contribution >= 4 is 34.7 Å². The Bertz CT molecular complexity index is 912. The minimum absolute atomic E-state index is 0.00900. The van der Waals surface area contributed by atoms with Crippen LogP contribution in [-0.4, -0.2) is 66.6 Å². The number of hydrogen-bond donors (Lipinski definition) is 3. The van der Waals surface area contributed by atoms with Crippen LogP contribution in [0.25, 0.3) is 5.70 Å². The molecular formula is C24H35ClN4O4. The summed E-state index contributed by atoms with van der Waals surface area (Å²) in [4.78, 5) is 18.8. The van der Waals surface area contributed by atoms with E-state index in [1.807, 2.05) is 26.8 Å². The molecule has 1 saturated carbocycles. The second-order valence-corrected chi connectivity index (χ2v) is 9.09. The number of amides is 1. The molecule has 33 heavy (non-hydrogen) atoms. The lowest BCUT2D eigenvalue weighted by molar-refractivity contribution is -0.117. The van der Waals surface area contributed by atoms with Gasteiger partial charge in [-0.1, -0.05) is 25.4 Å². The highest BCUT2D eigenvalue weighted by atomic mass is 35.5. The maximum atomic E-state index is 12.3. The van der Waals surface area contributed by atoms with Crippen LogP contribution in [0.5, 0.6) is 0 Å². The number of methoxy groups -OCH3 is 1. The second kappa shape index (κ2) is 11.0. The Morgan fingerprint density at radius 1 is 1.39 bits per heavy atom. The Labute approximate surface area is 201 Å². The number of halogens is 1. The number of aliphatic imine (C=N–C) groups is 1. The van der Waals surface area contributed by atoms with Crippen LogP contribution in [0, 0.1) is 5.92 Å². The number of anilines is 1. The first-order valence-corrected chi connectivity index (χ1v) is 11.9. The predicted octanol–water partition coefficient (Wildman–Crippen LogP) is 3.46. The van der Waals surface area contributed by atoms with Crippen molar-refractivity contribution in [1.82, 2.24) is 10.2 Å². The van der Waals surface area contributed by atoms with E-state index in [1.165, 1.54) is 0 Å². The molecule has 1 amide bonds. The Hall–Kier alpha value is -1.97. The molecule has 0 bridgehead atoms. The van der Waals surface area contributed by atoms with Gasteiger partial charge in [-0.15, -0.1) is 0 Å². The molecule has 1 saturated heterocycles. The topological polar surface area (TPSA) is 95.4 Å². The maximum absolute atomic E-state index is 12.3. The smallest absolute Gasteiger partial charge is 0.227 e. The summed E-state index contributed by atoms with van der Waals surface area (Å²) in [5.41, 5.74) is 1.77. The first-order valence-electron chi connectivity index (χ1n) is 11.5. The molecule has 2 atom stereocenters. The minimum atomic E-state index is -0.889. The summed E-state index contributed by atoms with van der Waals surface area (Å²) in [6, 6.07) is 5.28. The van der Waals surface area contributed by atoms with Crippen LogP contribution < -0.4 is 10.6 Å². The van der Waals surface area contributed by atoms with Gasteiger partial charge in [0, 0.05) is 23.6 Å². The Balaban J connectivity index is 0.00000149. The fourth-order valence-electron chi connectivity index (χ4n) is 3.75. The molecule has 2 unspecified atom stereocenters. The number of aliphatic hydroxyl groups is 1. The number of hydrogen-bond acceptors (Lipinski definition) is 7. The summed E-state index contributed by atoms with van der Waals surface area (Å²) >= 11 is 6.16. The van der Waals surface area contributed by atoms with Gasteiger partial charge in [-0.05, 0) is 51.0 Å². The monoisotopic (exact) mass is 478 g/mol. The van der Waals surface area contributed by atoms with E-state index in [2.05, 4.69) is 17.6 Å². The van der Waals surface area contributed by atoms with E-state index in [-0.39, 0.29) is 23.6 Å². The first kappa shape index (κ1) is 25.6. The summed E-state index contributed by atoms with van der Waals surface area (Å²) in [6.45, 7) is 9.58. The highest BCUT2D eigenvalue weighted by molar-refractivity contribution is 6.31. The van der Waals surface area contributed by atoms with Gasteiger partial charge in [0.1, 0.15) is 18.3 Å². The van der Waals surface area contributed by atoms with Crippen LogP contribution >= 0.6 is 11.6 Å². The molecule has 8 nitrogen and oxygen atoms in total. The summed E-state index contributed by atoms with van der Waals surface area (Å²) in [7, 11) is 1.63. The normalized spacial score (nSPS) is 22.3. The van der Waals surface area contributed by atoms with E-state index >= 15 is 0 Å². The molecule has 3 N–H and O–H groups in total. The van der Waals surface area contributed by atoms with Gasteiger partial charge < -0.3 is 24.8 Å². The average molecular weight is 479 g/mol. The van der Waals surface area contributed by atoms with Crippen LogP contribution in [-0.2, 0) is 14.3 Å². The van der Waals surface area contributed by atoms with E-state index < -0.39 is 6.23 Å². The number of ether oxygens (including phenoxy) is 2. The van der Waals surface area contributed by atoms with Crippen molar-refractivity contribution < 1.29 is 19.4 Å². The van der Waals surface area contributed by atoms with Gasteiger partial charge in [0.05, 0.1) is 36.7 Å². The van der Waals surface area contributed by atoms with Gasteiger partial charge in [0.15, 0.2) is 0 Å². The Kier molecular flexibility index (Phi) is 8.53. The highest BCUT2D eigenvalue weighted by Crippen LogP contribution is 2.34. The van der Waals surface area contributed by atoms with Crippen molar-refractivity contribution in [3.05, 3.63) is 34.9 Å². The molecule has 2 heterocycles. The van der Waals surface area contributed by atoms with E-state index in [1.54, 1.807) is 30.2 Å².